The Morgan fingerprint density at radius 2 is 1.69 bits per heavy atom. The summed E-state index contributed by atoms with van der Waals surface area (Å²) in [5.41, 5.74) is 5.10. The number of H-pyrrole nitrogens is 1. The number of hydrogen-bond acceptors (Lipinski definition) is 5. The SMILES string of the molecule is COc1cc(C2c3c(-c4ccc(C)cc4)n[nH]c3C(=O)N2C2CCCC2)cc(OC)c1O. The smallest absolute Gasteiger partial charge is 0.273 e. The average Bonchev–Trinajstić information content (AvgIpc) is 3.52. The molecule has 2 N–H and O–H groups in total. The highest BCUT2D eigenvalue weighted by Gasteiger charge is 2.46. The zero-order valence-electron chi connectivity index (χ0n) is 18.5. The van der Waals surface area contributed by atoms with Crippen molar-refractivity contribution in [2.75, 3.05) is 14.2 Å². The van der Waals surface area contributed by atoms with Gasteiger partial charge in [-0.25, -0.2) is 0 Å². The van der Waals surface area contributed by atoms with E-state index in [2.05, 4.69) is 10.2 Å². The van der Waals surface area contributed by atoms with Gasteiger partial charge >= 0.3 is 0 Å². The van der Waals surface area contributed by atoms with Gasteiger partial charge in [-0.3, -0.25) is 9.89 Å². The minimum Gasteiger partial charge on any atom is -0.502 e. The van der Waals surface area contributed by atoms with Crippen LogP contribution in [0.1, 0.15) is 58.9 Å². The number of fused-ring (bicyclic) bond motifs is 1. The first-order chi connectivity index (χ1) is 15.5. The van der Waals surface area contributed by atoms with Gasteiger partial charge in [0, 0.05) is 17.2 Å². The molecule has 166 valence electrons. The Morgan fingerprint density at radius 3 is 2.28 bits per heavy atom. The number of carbonyl (C=O) groups excluding carboxylic acids is 1. The Balaban J connectivity index is 1.71. The van der Waals surface area contributed by atoms with Gasteiger partial charge < -0.3 is 19.5 Å². The van der Waals surface area contributed by atoms with E-state index in [1.165, 1.54) is 14.2 Å². The van der Waals surface area contributed by atoms with Crippen LogP contribution in [0.2, 0.25) is 0 Å². The molecule has 7 nitrogen and oxygen atoms in total. The van der Waals surface area contributed by atoms with Gasteiger partial charge in [-0.05, 0) is 37.5 Å². The summed E-state index contributed by atoms with van der Waals surface area (Å²) >= 11 is 0. The summed E-state index contributed by atoms with van der Waals surface area (Å²) in [4.78, 5) is 15.6. The number of aromatic nitrogens is 2. The van der Waals surface area contributed by atoms with Crippen molar-refractivity contribution in [3.8, 4) is 28.5 Å². The third kappa shape index (κ3) is 3.11. The maximum atomic E-state index is 13.6. The molecule has 2 aromatic carbocycles. The minimum atomic E-state index is -0.348. The summed E-state index contributed by atoms with van der Waals surface area (Å²) < 4.78 is 10.8. The van der Waals surface area contributed by atoms with Crippen LogP contribution >= 0.6 is 0 Å². The van der Waals surface area contributed by atoms with Crippen molar-refractivity contribution in [3.05, 3.63) is 58.8 Å². The van der Waals surface area contributed by atoms with Crippen LogP contribution < -0.4 is 9.47 Å². The number of aryl methyl sites for hydroxylation is 1. The van der Waals surface area contributed by atoms with Crippen LogP contribution in [-0.4, -0.2) is 46.4 Å². The van der Waals surface area contributed by atoms with Crippen molar-refractivity contribution in [3.63, 3.8) is 0 Å². The van der Waals surface area contributed by atoms with E-state index in [9.17, 15) is 9.90 Å². The van der Waals surface area contributed by atoms with Crippen molar-refractivity contribution < 1.29 is 19.4 Å². The van der Waals surface area contributed by atoms with E-state index in [1.54, 1.807) is 12.1 Å². The van der Waals surface area contributed by atoms with Gasteiger partial charge in [0.15, 0.2) is 11.5 Å². The third-order valence-electron chi connectivity index (χ3n) is 6.66. The largest absolute Gasteiger partial charge is 0.502 e. The van der Waals surface area contributed by atoms with Gasteiger partial charge in [0.1, 0.15) is 5.69 Å². The molecule has 3 aromatic rings. The standard InChI is InChI=1S/C25H27N3O4/c1-14-8-10-15(11-9-14)21-20-22(27-26-21)25(30)28(17-6-4-5-7-17)23(20)16-12-18(31-2)24(29)19(13-16)32-3/h8-13,17,23,29H,4-7H2,1-3H3,(H,26,27). The van der Waals surface area contributed by atoms with E-state index in [0.29, 0.717) is 17.2 Å². The number of hydrogen-bond donors (Lipinski definition) is 2. The lowest BCUT2D eigenvalue weighted by atomic mass is 9.94. The number of rotatable bonds is 5. The highest BCUT2D eigenvalue weighted by Crippen LogP contribution is 2.49. The van der Waals surface area contributed by atoms with E-state index in [1.807, 2.05) is 36.1 Å². The number of methoxy groups -OCH3 is 2. The number of phenols is 1. The Bertz CT molecular complexity index is 1140. The fourth-order valence-corrected chi connectivity index (χ4v) is 5.05. The Hall–Kier alpha value is -3.48. The molecule has 1 saturated carbocycles. The summed E-state index contributed by atoms with van der Waals surface area (Å²) in [6, 6.07) is 11.5. The lowest BCUT2D eigenvalue weighted by Gasteiger charge is -2.32. The monoisotopic (exact) mass is 433 g/mol. The van der Waals surface area contributed by atoms with E-state index < -0.39 is 0 Å². The Labute approximate surface area is 187 Å². The number of carbonyl (C=O) groups is 1. The normalized spacial score (nSPS) is 18.3. The number of nitrogens with one attached hydrogen (secondary N) is 1. The number of aromatic hydroxyl groups is 1. The fraction of sp³-hybridized carbons (Fsp3) is 0.360. The van der Waals surface area contributed by atoms with Gasteiger partial charge in [0.2, 0.25) is 5.75 Å². The molecular formula is C25H27N3O4. The lowest BCUT2D eigenvalue weighted by Crippen LogP contribution is -2.37. The molecule has 1 aromatic heterocycles. The maximum Gasteiger partial charge on any atom is 0.273 e. The summed E-state index contributed by atoms with van der Waals surface area (Å²) in [5.74, 6) is 0.537. The molecule has 0 radical (unpaired) electrons. The van der Waals surface area contributed by atoms with Gasteiger partial charge in [-0.15, -0.1) is 0 Å². The van der Waals surface area contributed by atoms with Crippen LogP contribution in [0, 0.1) is 6.92 Å². The Kier molecular flexibility index (Phi) is 5.04. The maximum absolute atomic E-state index is 13.6. The molecular weight excluding hydrogens is 406 g/mol. The van der Waals surface area contributed by atoms with Gasteiger partial charge in [0.05, 0.1) is 26.0 Å². The number of amides is 1. The first-order valence-electron chi connectivity index (χ1n) is 11.0. The molecule has 32 heavy (non-hydrogen) atoms. The van der Waals surface area contributed by atoms with Crippen LogP contribution in [0.4, 0.5) is 0 Å². The molecule has 2 aliphatic rings. The van der Waals surface area contributed by atoms with E-state index in [0.717, 1.165) is 53.6 Å². The van der Waals surface area contributed by atoms with Crippen molar-refractivity contribution in [2.24, 2.45) is 0 Å². The van der Waals surface area contributed by atoms with Gasteiger partial charge in [-0.1, -0.05) is 42.7 Å². The molecule has 0 saturated heterocycles. The second kappa shape index (κ2) is 7.89. The first-order valence-corrected chi connectivity index (χ1v) is 11.0. The summed E-state index contributed by atoms with van der Waals surface area (Å²) in [5, 5.41) is 18.0. The molecule has 1 fully saturated rings. The molecule has 1 aliphatic heterocycles. The summed E-state index contributed by atoms with van der Waals surface area (Å²) in [6.45, 7) is 2.04. The summed E-state index contributed by atoms with van der Waals surface area (Å²) in [6.07, 6.45) is 4.18. The second-order valence-electron chi connectivity index (χ2n) is 8.55. The van der Waals surface area contributed by atoms with Crippen LogP contribution in [0.5, 0.6) is 17.2 Å². The second-order valence-corrected chi connectivity index (χ2v) is 8.55. The highest BCUT2D eigenvalue weighted by atomic mass is 16.5. The van der Waals surface area contributed by atoms with Gasteiger partial charge in [0.25, 0.3) is 5.91 Å². The number of nitrogens with zero attached hydrogens (tertiary/aromatic N) is 2. The van der Waals surface area contributed by atoms with Crippen molar-refractivity contribution in [1.82, 2.24) is 15.1 Å². The lowest BCUT2D eigenvalue weighted by molar-refractivity contribution is 0.0659. The fourth-order valence-electron chi connectivity index (χ4n) is 5.05. The summed E-state index contributed by atoms with van der Waals surface area (Å²) in [7, 11) is 3.02. The van der Waals surface area contributed by atoms with Crippen LogP contribution in [0.25, 0.3) is 11.3 Å². The molecule has 1 unspecified atom stereocenters. The topological polar surface area (TPSA) is 87.7 Å². The third-order valence-corrected chi connectivity index (χ3v) is 6.66. The highest BCUT2D eigenvalue weighted by molar-refractivity contribution is 6.00. The molecule has 1 atom stereocenters. The predicted molar refractivity (Wildman–Crippen MR) is 120 cm³/mol. The zero-order valence-corrected chi connectivity index (χ0v) is 18.5. The van der Waals surface area contributed by atoms with Crippen LogP contribution in [0.15, 0.2) is 36.4 Å². The number of benzene rings is 2. The Morgan fingerprint density at radius 1 is 1.06 bits per heavy atom. The molecule has 2 heterocycles. The molecule has 0 bridgehead atoms. The van der Waals surface area contributed by atoms with Crippen molar-refractivity contribution >= 4 is 5.91 Å². The average molecular weight is 434 g/mol. The van der Waals surface area contributed by atoms with Crippen LogP contribution in [-0.2, 0) is 0 Å². The number of ether oxygens (including phenoxy) is 2. The first kappa shape index (κ1) is 20.4. The molecule has 1 amide bonds. The van der Waals surface area contributed by atoms with Crippen molar-refractivity contribution in [2.45, 2.75) is 44.7 Å². The number of phenolic OH excluding ortho intramolecular Hbond substituents is 1. The minimum absolute atomic E-state index is 0.0335. The molecule has 1 aliphatic carbocycles. The van der Waals surface area contributed by atoms with E-state index in [-0.39, 0.29) is 23.7 Å². The van der Waals surface area contributed by atoms with Crippen LogP contribution in [0.3, 0.4) is 0 Å². The molecule has 5 rings (SSSR count). The quantitative estimate of drug-likeness (QED) is 0.614. The zero-order chi connectivity index (χ0) is 22.4. The molecule has 7 heteroatoms. The molecule has 0 spiro atoms. The van der Waals surface area contributed by atoms with E-state index in [4.69, 9.17) is 9.47 Å². The number of aromatic amines is 1. The predicted octanol–water partition coefficient (Wildman–Crippen LogP) is 4.60. The van der Waals surface area contributed by atoms with Gasteiger partial charge in [-0.2, -0.15) is 5.10 Å². The van der Waals surface area contributed by atoms with Crippen molar-refractivity contribution in [1.29, 1.82) is 0 Å². The van der Waals surface area contributed by atoms with E-state index >= 15 is 0 Å².